The van der Waals surface area contributed by atoms with Gasteiger partial charge in [-0.05, 0) is 55.3 Å². The first-order valence-corrected chi connectivity index (χ1v) is 13.6. The van der Waals surface area contributed by atoms with Crippen LogP contribution < -0.4 is 14.4 Å². The summed E-state index contributed by atoms with van der Waals surface area (Å²) < 4.78 is 35.0. The molecule has 182 valence electrons. The second-order valence-corrected chi connectivity index (χ2v) is 11.7. The van der Waals surface area contributed by atoms with E-state index in [1.54, 1.807) is 30.2 Å². The average molecular weight is 503 g/mol. The van der Waals surface area contributed by atoms with Crippen LogP contribution in [0.4, 0.5) is 5.69 Å². The number of aryl methyl sites for hydroxylation is 1. The SMILES string of the molecule is COc1ccc(N2CCN(C(=O)[C@H](NS(=O)(=O)c3ccc4nc(C)sc4c3)C(C)C)CC2)cc1. The van der Waals surface area contributed by atoms with Crippen molar-refractivity contribution in [1.82, 2.24) is 14.6 Å². The molecule has 3 aromatic rings. The van der Waals surface area contributed by atoms with Crippen LogP contribution in [-0.4, -0.2) is 63.5 Å². The highest BCUT2D eigenvalue weighted by Crippen LogP contribution is 2.25. The predicted octanol–water partition coefficient (Wildman–Crippen LogP) is 3.27. The molecule has 0 radical (unpaired) electrons. The van der Waals surface area contributed by atoms with E-state index in [4.69, 9.17) is 4.74 Å². The summed E-state index contributed by atoms with van der Waals surface area (Å²) in [6, 6.07) is 11.9. The molecule has 0 aliphatic carbocycles. The number of anilines is 1. The summed E-state index contributed by atoms with van der Waals surface area (Å²) in [7, 11) is -2.24. The van der Waals surface area contributed by atoms with Gasteiger partial charge in [0.1, 0.15) is 11.8 Å². The minimum atomic E-state index is -3.87. The highest BCUT2D eigenvalue weighted by atomic mass is 32.2. The first-order valence-electron chi connectivity index (χ1n) is 11.3. The largest absolute Gasteiger partial charge is 0.497 e. The van der Waals surface area contributed by atoms with Crippen molar-refractivity contribution in [1.29, 1.82) is 0 Å². The molecule has 1 N–H and O–H groups in total. The second kappa shape index (κ2) is 9.89. The number of nitrogens with zero attached hydrogens (tertiary/aromatic N) is 3. The van der Waals surface area contributed by atoms with Gasteiger partial charge in [0.05, 0.1) is 27.2 Å². The van der Waals surface area contributed by atoms with Crippen molar-refractivity contribution in [2.75, 3.05) is 38.2 Å². The van der Waals surface area contributed by atoms with Gasteiger partial charge in [-0.2, -0.15) is 4.72 Å². The lowest BCUT2D eigenvalue weighted by atomic mass is 10.0. The van der Waals surface area contributed by atoms with Crippen molar-refractivity contribution >= 4 is 43.2 Å². The molecule has 1 aliphatic rings. The summed E-state index contributed by atoms with van der Waals surface area (Å²) in [5.41, 5.74) is 1.84. The number of rotatable bonds is 7. The topological polar surface area (TPSA) is 91.8 Å². The summed E-state index contributed by atoms with van der Waals surface area (Å²) >= 11 is 1.45. The highest BCUT2D eigenvalue weighted by Gasteiger charge is 2.33. The predicted molar refractivity (Wildman–Crippen MR) is 135 cm³/mol. The molecule has 1 saturated heterocycles. The Labute approximate surface area is 204 Å². The Morgan fingerprint density at radius 1 is 1.09 bits per heavy atom. The number of sulfonamides is 1. The van der Waals surface area contributed by atoms with E-state index in [-0.39, 0.29) is 16.7 Å². The zero-order valence-electron chi connectivity index (χ0n) is 19.8. The molecule has 2 aromatic carbocycles. The zero-order chi connectivity index (χ0) is 24.5. The van der Waals surface area contributed by atoms with Crippen LogP contribution in [0, 0.1) is 12.8 Å². The van der Waals surface area contributed by atoms with Gasteiger partial charge in [0, 0.05) is 31.9 Å². The number of fused-ring (bicyclic) bond motifs is 1. The van der Waals surface area contributed by atoms with E-state index in [0.29, 0.717) is 26.2 Å². The number of hydrogen-bond acceptors (Lipinski definition) is 7. The fourth-order valence-corrected chi connectivity index (χ4v) is 6.37. The van der Waals surface area contributed by atoms with E-state index >= 15 is 0 Å². The third-order valence-corrected chi connectivity index (χ3v) is 8.39. The molecule has 0 saturated carbocycles. The van der Waals surface area contributed by atoms with Gasteiger partial charge >= 0.3 is 0 Å². The first kappa shape index (κ1) is 24.4. The number of carbonyl (C=O) groups excluding carboxylic acids is 1. The Balaban J connectivity index is 1.44. The minimum absolute atomic E-state index is 0.145. The first-order chi connectivity index (χ1) is 16.2. The van der Waals surface area contributed by atoms with Crippen LogP contribution in [-0.2, 0) is 14.8 Å². The molecule has 4 rings (SSSR count). The van der Waals surface area contributed by atoms with E-state index in [2.05, 4.69) is 14.6 Å². The quantitative estimate of drug-likeness (QED) is 0.533. The normalized spacial score (nSPS) is 15.7. The van der Waals surface area contributed by atoms with Crippen molar-refractivity contribution in [3.05, 3.63) is 47.5 Å². The molecule has 0 unspecified atom stereocenters. The lowest BCUT2D eigenvalue weighted by Crippen LogP contribution is -2.56. The molecule has 8 nitrogen and oxygen atoms in total. The maximum atomic E-state index is 13.3. The number of benzene rings is 2. The molecule has 2 heterocycles. The van der Waals surface area contributed by atoms with E-state index in [1.807, 2.05) is 45.0 Å². The molecule has 1 amide bonds. The molecule has 0 bridgehead atoms. The van der Waals surface area contributed by atoms with Crippen LogP contribution in [0.15, 0.2) is 47.4 Å². The van der Waals surface area contributed by atoms with Gasteiger partial charge in [-0.1, -0.05) is 13.8 Å². The molecular formula is C24H30N4O4S2. The maximum Gasteiger partial charge on any atom is 0.241 e. The summed E-state index contributed by atoms with van der Waals surface area (Å²) in [5.74, 6) is 0.410. The fourth-order valence-electron chi connectivity index (χ4n) is 4.07. The van der Waals surface area contributed by atoms with E-state index < -0.39 is 16.1 Å². The number of methoxy groups -OCH3 is 1. The van der Waals surface area contributed by atoms with Crippen molar-refractivity contribution in [3.8, 4) is 5.75 Å². The van der Waals surface area contributed by atoms with Crippen LogP contribution in [0.1, 0.15) is 18.9 Å². The molecule has 1 aromatic heterocycles. The van der Waals surface area contributed by atoms with Crippen molar-refractivity contribution in [2.45, 2.75) is 31.7 Å². The van der Waals surface area contributed by atoms with Crippen molar-refractivity contribution in [2.24, 2.45) is 5.92 Å². The second-order valence-electron chi connectivity index (χ2n) is 8.72. The number of ether oxygens (including phenoxy) is 1. The Hall–Kier alpha value is -2.69. The molecule has 0 spiro atoms. The number of amides is 1. The maximum absolute atomic E-state index is 13.3. The van der Waals surface area contributed by atoms with Crippen molar-refractivity contribution < 1.29 is 17.9 Å². The third-order valence-electron chi connectivity index (χ3n) is 6.02. The zero-order valence-corrected chi connectivity index (χ0v) is 21.4. The lowest BCUT2D eigenvalue weighted by molar-refractivity contribution is -0.134. The van der Waals surface area contributed by atoms with Crippen LogP contribution in [0.25, 0.3) is 10.2 Å². The summed E-state index contributed by atoms with van der Waals surface area (Å²) in [4.78, 5) is 21.8. The number of aromatic nitrogens is 1. The summed E-state index contributed by atoms with van der Waals surface area (Å²) in [6.45, 7) is 8.01. The van der Waals surface area contributed by atoms with Crippen LogP contribution in [0.3, 0.4) is 0 Å². The average Bonchev–Trinajstić information content (AvgIpc) is 3.21. The standard InChI is InChI=1S/C24H30N4O4S2/c1-16(2)23(26-34(30,31)20-9-10-21-22(15-20)33-17(3)25-21)24(29)28-13-11-27(12-14-28)18-5-7-19(32-4)8-6-18/h5-10,15-16,23,26H,11-14H2,1-4H3/t23-/m1/s1. The number of carbonyl (C=O) groups is 1. The van der Waals surface area contributed by atoms with Crippen LogP contribution in [0.2, 0.25) is 0 Å². The number of nitrogens with one attached hydrogen (secondary N) is 1. The molecule has 34 heavy (non-hydrogen) atoms. The van der Waals surface area contributed by atoms with Gasteiger partial charge in [0.2, 0.25) is 15.9 Å². The minimum Gasteiger partial charge on any atom is -0.497 e. The molecule has 10 heteroatoms. The van der Waals surface area contributed by atoms with Crippen LogP contribution >= 0.6 is 11.3 Å². The van der Waals surface area contributed by atoms with Gasteiger partial charge in [0.15, 0.2) is 0 Å². The monoisotopic (exact) mass is 502 g/mol. The van der Waals surface area contributed by atoms with E-state index in [1.165, 1.54) is 11.3 Å². The molecule has 1 atom stereocenters. The Morgan fingerprint density at radius 2 is 1.76 bits per heavy atom. The summed E-state index contributed by atoms with van der Waals surface area (Å²) in [6.07, 6.45) is 0. The van der Waals surface area contributed by atoms with Gasteiger partial charge < -0.3 is 14.5 Å². The van der Waals surface area contributed by atoms with Crippen molar-refractivity contribution in [3.63, 3.8) is 0 Å². The number of hydrogen-bond donors (Lipinski definition) is 1. The Bertz CT molecular complexity index is 1260. The number of piperazine rings is 1. The molecule has 1 aliphatic heterocycles. The molecular weight excluding hydrogens is 472 g/mol. The number of thiazole rings is 1. The lowest BCUT2D eigenvalue weighted by Gasteiger charge is -2.38. The smallest absolute Gasteiger partial charge is 0.241 e. The van der Waals surface area contributed by atoms with Crippen LogP contribution in [0.5, 0.6) is 5.75 Å². The summed E-state index contributed by atoms with van der Waals surface area (Å²) in [5, 5.41) is 0.876. The third kappa shape index (κ3) is 5.18. The van der Waals surface area contributed by atoms with E-state index in [9.17, 15) is 13.2 Å². The van der Waals surface area contributed by atoms with Gasteiger partial charge in [-0.25, -0.2) is 13.4 Å². The van der Waals surface area contributed by atoms with Gasteiger partial charge in [0.25, 0.3) is 0 Å². The highest BCUT2D eigenvalue weighted by molar-refractivity contribution is 7.89. The molecule has 1 fully saturated rings. The van der Waals surface area contributed by atoms with E-state index in [0.717, 1.165) is 26.7 Å². The fraction of sp³-hybridized carbons (Fsp3) is 0.417. The Kier molecular flexibility index (Phi) is 7.11. The van der Waals surface area contributed by atoms with Gasteiger partial charge in [-0.3, -0.25) is 4.79 Å². The van der Waals surface area contributed by atoms with Gasteiger partial charge in [-0.15, -0.1) is 11.3 Å². The Morgan fingerprint density at radius 3 is 2.38 bits per heavy atom.